The highest BCUT2D eigenvalue weighted by Gasteiger charge is 2.31. The van der Waals surface area contributed by atoms with Gasteiger partial charge in [0.15, 0.2) is 5.78 Å². The number of amides is 1. The Morgan fingerprint density at radius 2 is 2.10 bits per heavy atom. The lowest BCUT2D eigenvalue weighted by Gasteiger charge is -2.31. The highest BCUT2D eigenvalue weighted by atomic mass is 16.6. The molecule has 0 N–H and O–H groups in total. The number of hydrogen-bond donors (Lipinski definition) is 0. The van der Waals surface area contributed by atoms with Crippen molar-refractivity contribution in [3.05, 3.63) is 0 Å². The number of carbonyl (C=O) groups excluding carboxylic acids is 3. The van der Waals surface area contributed by atoms with Gasteiger partial charge in [-0.05, 0) is 27.7 Å². The molecular formula is C14H22N2O5. The first-order valence-corrected chi connectivity index (χ1v) is 6.93. The van der Waals surface area contributed by atoms with E-state index in [1.807, 2.05) is 0 Å². The van der Waals surface area contributed by atoms with Gasteiger partial charge in [0.2, 0.25) is 0 Å². The van der Waals surface area contributed by atoms with Crippen molar-refractivity contribution in [2.24, 2.45) is 4.99 Å². The van der Waals surface area contributed by atoms with E-state index in [-0.39, 0.29) is 25.4 Å². The van der Waals surface area contributed by atoms with Gasteiger partial charge >= 0.3 is 12.1 Å². The van der Waals surface area contributed by atoms with E-state index >= 15 is 0 Å². The van der Waals surface area contributed by atoms with Crippen LogP contribution >= 0.6 is 0 Å². The number of ether oxygens (including phenoxy) is 2. The molecule has 118 valence electrons. The first kappa shape index (κ1) is 17.1. The van der Waals surface area contributed by atoms with E-state index < -0.39 is 23.7 Å². The minimum absolute atomic E-state index is 0.102. The van der Waals surface area contributed by atoms with E-state index in [0.29, 0.717) is 6.54 Å². The van der Waals surface area contributed by atoms with Crippen molar-refractivity contribution in [1.82, 2.24) is 4.90 Å². The normalized spacial score (nSPS) is 19.7. The van der Waals surface area contributed by atoms with E-state index in [9.17, 15) is 14.4 Å². The van der Waals surface area contributed by atoms with Crippen LogP contribution in [0.1, 0.15) is 34.1 Å². The van der Waals surface area contributed by atoms with Crippen molar-refractivity contribution in [2.75, 3.05) is 19.7 Å². The fourth-order valence-corrected chi connectivity index (χ4v) is 1.77. The smallest absolute Gasteiger partial charge is 0.410 e. The molecule has 1 aliphatic rings. The molecule has 0 aromatic rings. The Morgan fingerprint density at radius 1 is 1.43 bits per heavy atom. The van der Waals surface area contributed by atoms with Crippen molar-refractivity contribution < 1.29 is 23.9 Å². The quantitative estimate of drug-likeness (QED) is 0.577. The molecule has 1 heterocycles. The van der Waals surface area contributed by atoms with Crippen LogP contribution in [0.3, 0.4) is 0 Å². The standard InChI is InChI=1S/C14H22N2O5/c1-5-20-12(18)8-15-10-9-16(7-6-11(10)17)13(19)21-14(2,3)4/h8,10H,5-7,9H2,1-4H3/b15-8+. The Kier molecular flexibility index (Phi) is 5.87. The molecule has 0 aromatic carbocycles. The van der Waals surface area contributed by atoms with Crippen LogP contribution in [0.5, 0.6) is 0 Å². The maximum absolute atomic E-state index is 12.0. The van der Waals surface area contributed by atoms with Gasteiger partial charge in [-0.2, -0.15) is 0 Å². The van der Waals surface area contributed by atoms with Crippen molar-refractivity contribution in [3.8, 4) is 0 Å². The molecule has 0 aromatic heterocycles. The van der Waals surface area contributed by atoms with Crippen LogP contribution < -0.4 is 0 Å². The van der Waals surface area contributed by atoms with Gasteiger partial charge in [-0.15, -0.1) is 0 Å². The second-order valence-electron chi connectivity index (χ2n) is 5.69. The van der Waals surface area contributed by atoms with Gasteiger partial charge in [0.25, 0.3) is 0 Å². The molecule has 0 radical (unpaired) electrons. The molecule has 0 bridgehead atoms. The molecule has 0 saturated carbocycles. The molecule has 1 saturated heterocycles. The summed E-state index contributed by atoms with van der Waals surface area (Å²) in [6.07, 6.45) is 0.709. The molecule has 1 fully saturated rings. The summed E-state index contributed by atoms with van der Waals surface area (Å²) in [7, 11) is 0. The van der Waals surface area contributed by atoms with Crippen molar-refractivity contribution >= 4 is 24.1 Å². The van der Waals surface area contributed by atoms with E-state index in [1.54, 1.807) is 27.7 Å². The van der Waals surface area contributed by atoms with Crippen molar-refractivity contribution in [2.45, 2.75) is 45.8 Å². The Labute approximate surface area is 124 Å². The van der Waals surface area contributed by atoms with Gasteiger partial charge in [-0.1, -0.05) is 0 Å². The molecule has 21 heavy (non-hydrogen) atoms. The second-order valence-corrected chi connectivity index (χ2v) is 5.69. The molecule has 1 atom stereocenters. The van der Waals surface area contributed by atoms with Crippen LogP contribution in [-0.2, 0) is 19.1 Å². The number of esters is 1. The zero-order valence-electron chi connectivity index (χ0n) is 12.9. The van der Waals surface area contributed by atoms with Crippen LogP contribution in [0.15, 0.2) is 4.99 Å². The number of rotatable bonds is 3. The largest absolute Gasteiger partial charge is 0.462 e. The minimum Gasteiger partial charge on any atom is -0.462 e. The average molecular weight is 298 g/mol. The Balaban J connectivity index is 2.63. The Hall–Kier alpha value is -1.92. The Bertz CT molecular complexity index is 439. The van der Waals surface area contributed by atoms with Crippen LogP contribution in [0.2, 0.25) is 0 Å². The van der Waals surface area contributed by atoms with Crippen LogP contribution in [-0.4, -0.2) is 60.3 Å². The predicted molar refractivity (Wildman–Crippen MR) is 76.3 cm³/mol. The summed E-state index contributed by atoms with van der Waals surface area (Å²) in [5.41, 5.74) is -0.595. The van der Waals surface area contributed by atoms with Gasteiger partial charge < -0.3 is 14.4 Å². The first-order valence-electron chi connectivity index (χ1n) is 6.93. The number of ketones is 1. The number of aliphatic imine (C=N–C) groups is 1. The summed E-state index contributed by atoms with van der Waals surface area (Å²) in [5.74, 6) is -0.699. The fraction of sp³-hybridized carbons (Fsp3) is 0.714. The maximum atomic E-state index is 12.0. The van der Waals surface area contributed by atoms with Crippen molar-refractivity contribution in [1.29, 1.82) is 0 Å². The lowest BCUT2D eigenvalue weighted by molar-refractivity contribution is -0.134. The van der Waals surface area contributed by atoms with Gasteiger partial charge in [-0.25, -0.2) is 9.59 Å². The van der Waals surface area contributed by atoms with Gasteiger partial charge in [0.1, 0.15) is 17.9 Å². The maximum Gasteiger partial charge on any atom is 0.410 e. The zero-order chi connectivity index (χ0) is 16.0. The Morgan fingerprint density at radius 3 is 2.67 bits per heavy atom. The van der Waals surface area contributed by atoms with E-state index in [2.05, 4.69) is 4.99 Å². The molecule has 7 heteroatoms. The van der Waals surface area contributed by atoms with Crippen LogP contribution in [0, 0.1) is 0 Å². The summed E-state index contributed by atoms with van der Waals surface area (Å²) < 4.78 is 9.96. The van der Waals surface area contributed by atoms with Crippen LogP contribution in [0.25, 0.3) is 0 Å². The second kappa shape index (κ2) is 7.19. The summed E-state index contributed by atoms with van der Waals surface area (Å²) in [5, 5.41) is 0. The molecule has 0 spiro atoms. The number of nitrogens with zero attached hydrogens (tertiary/aromatic N) is 2. The highest BCUT2D eigenvalue weighted by Crippen LogP contribution is 2.15. The molecule has 1 aliphatic heterocycles. The minimum atomic E-state index is -0.740. The van der Waals surface area contributed by atoms with Crippen LogP contribution in [0.4, 0.5) is 4.79 Å². The lowest BCUT2D eigenvalue weighted by atomic mass is 10.1. The third kappa shape index (κ3) is 5.93. The number of Topliss-reactive ketones (excluding diaryl/α,β-unsaturated/α-hetero) is 1. The van der Waals surface area contributed by atoms with Gasteiger partial charge in [0.05, 0.1) is 13.2 Å². The molecule has 1 unspecified atom stereocenters. The zero-order valence-corrected chi connectivity index (χ0v) is 12.9. The lowest BCUT2D eigenvalue weighted by Crippen LogP contribution is -2.48. The number of likely N-dealkylation sites (tertiary alicyclic amines) is 1. The number of carbonyl (C=O) groups is 3. The number of hydrogen-bond acceptors (Lipinski definition) is 6. The number of piperidine rings is 1. The van der Waals surface area contributed by atoms with Gasteiger partial charge in [-0.3, -0.25) is 9.79 Å². The fourth-order valence-electron chi connectivity index (χ4n) is 1.77. The third-order valence-corrected chi connectivity index (χ3v) is 2.69. The summed E-state index contributed by atoms with van der Waals surface area (Å²) in [6.45, 7) is 7.67. The molecular weight excluding hydrogens is 276 g/mol. The summed E-state index contributed by atoms with van der Waals surface area (Å²) in [6, 6.07) is -0.740. The van der Waals surface area contributed by atoms with E-state index in [0.717, 1.165) is 6.21 Å². The molecule has 1 rings (SSSR count). The first-order chi connectivity index (χ1) is 9.73. The van der Waals surface area contributed by atoms with E-state index in [4.69, 9.17) is 9.47 Å². The molecule has 7 nitrogen and oxygen atoms in total. The van der Waals surface area contributed by atoms with E-state index in [1.165, 1.54) is 4.90 Å². The summed E-state index contributed by atoms with van der Waals surface area (Å²) >= 11 is 0. The predicted octanol–water partition coefficient (Wildman–Crippen LogP) is 1.20. The van der Waals surface area contributed by atoms with Gasteiger partial charge in [0, 0.05) is 13.0 Å². The monoisotopic (exact) mass is 298 g/mol. The third-order valence-electron chi connectivity index (χ3n) is 2.69. The topological polar surface area (TPSA) is 85.3 Å². The average Bonchev–Trinajstić information content (AvgIpc) is 2.36. The molecule has 0 aliphatic carbocycles. The highest BCUT2D eigenvalue weighted by molar-refractivity contribution is 6.23. The SMILES string of the molecule is CCOC(=O)/C=N/C1CN(C(=O)OC(C)(C)C)CCC1=O. The summed E-state index contributed by atoms with van der Waals surface area (Å²) in [4.78, 5) is 40.3. The van der Waals surface area contributed by atoms with Crippen molar-refractivity contribution in [3.63, 3.8) is 0 Å². The molecule has 1 amide bonds.